The standard InChI is InChI=1S/C25H29NO5/c1-30-24-11-8-18(14-23(24)28)22-16-21(15-19-4-2-3-13-26(19)22)31-25(29)12-7-17-5-9-20(27)10-6-17/h5-12,14,19,21-22,27-28H,2-4,13,15-16H2,1H3/b12-7+/t19-,21-,22-/m0/s1. The molecule has 0 aliphatic carbocycles. The number of carbonyl (C=O) groups is 1. The Balaban J connectivity index is 1.47. The van der Waals surface area contributed by atoms with Gasteiger partial charge in [0, 0.05) is 31.0 Å². The number of nitrogens with zero attached hydrogens (tertiary/aromatic N) is 1. The zero-order valence-electron chi connectivity index (χ0n) is 17.7. The molecular formula is C25H29NO5. The van der Waals surface area contributed by atoms with E-state index in [0.717, 1.165) is 36.9 Å². The van der Waals surface area contributed by atoms with Gasteiger partial charge in [0.1, 0.15) is 11.9 Å². The van der Waals surface area contributed by atoms with Crippen molar-refractivity contribution >= 4 is 12.0 Å². The van der Waals surface area contributed by atoms with Gasteiger partial charge in [-0.15, -0.1) is 0 Å². The number of ether oxygens (including phenoxy) is 2. The molecule has 0 radical (unpaired) electrons. The van der Waals surface area contributed by atoms with Crippen molar-refractivity contribution in [2.24, 2.45) is 0 Å². The van der Waals surface area contributed by atoms with Crippen molar-refractivity contribution in [1.29, 1.82) is 0 Å². The second kappa shape index (κ2) is 9.43. The highest BCUT2D eigenvalue weighted by Gasteiger charge is 2.39. The highest BCUT2D eigenvalue weighted by atomic mass is 16.5. The molecule has 0 amide bonds. The van der Waals surface area contributed by atoms with E-state index in [0.29, 0.717) is 18.2 Å². The molecule has 2 aliphatic heterocycles. The molecule has 4 rings (SSSR count). The number of piperidine rings is 2. The Bertz CT molecular complexity index is 939. The van der Waals surface area contributed by atoms with Crippen molar-refractivity contribution in [2.75, 3.05) is 13.7 Å². The van der Waals surface area contributed by atoms with Crippen LogP contribution in [0.4, 0.5) is 0 Å². The first-order chi connectivity index (χ1) is 15.0. The number of carbonyl (C=O) groups excluding carboxylic acids is 1. The Morgan fingerprint density at radius 1 is 1.10 bits per heavy atom. The van der Waals surface area contributed by atoms with Gasteiger partial charge in [0.25, 0.3) is 0 Å². The van der Waals surface area contributed by atoms with Crippen LogP contribution in [-0.2, 0) is 9.53 Å². The Labute approximate surface area is 182 Å². The summed E-state index contributed by atoms with van der Waals surface area (Å²) in [7, 11) is 1.54. The number of rotatable bonds is 5. The van der Waals surface area contributed by atoms with Crippen molar-refractivity contribution in [3.8, 4) is 17.2 Å². The van der Waals surface area contributed by atoms with E-state index in [9.17, 15) is 15.0 Å². The van der Waals surface area contributed by atoms with E-state index in [1.54, 1.807) is 42.5 Å². The van der Waals surface area contributed by atoms with E-state index < -0.39 is 0 Å². The van der Waals surface area contributed by atoms with Crippen molar-refractivity contribution in [2.45, 2.75) is 50.3 Å². The van der Waals surface area contributed by atoms with Crippen LogP contribution in [0.5, 0.6) is 17.2 Å². The smallest absolute Gasteiger partial charge is 0.331 e. The van der Waals surface area contributed by atoms with E-state index >= 15 is 0 Å². The van der Waals surface area contributed by atoms with Crippen LogP contribution >= 0.6 is 0 Å². The number of aromatic hydroxyl groups is 2. The maximum absolute atomic E-state index is 12.5. The molecule has 2 saturated heterocycles. The van der Waals surface area contributed by atoms with Crippen molar-refractivity contribution in [1.82, 2.24) is 4.90 Å². The van der Waals surface area contributed by atoms with E-state index in [-0.39, 0.29) is 29.6 Å². The highest BCUT2D eigenvalue weighted by molar-refractivity contribution is 5.87. The van der Waals surface area contributed by atoms with Gasteiger partial charge in [-0.05, 0) is 60.9 Å². The molecule has 3 atom stereocenters. The average molecular weight is 424 g/mol. The molecular weight excluding hydrogens is 394 g/mol. The van der Waals surface area contributed by atoms with Crippen LogP contribution in [0.2, 0.25) is 0 Å². The molecule has 0 unspecified atom stereocenters. The lowest BCUT2D eigenvalue weighted by Crippen LogP contribution is -2.49. The molecule has 0 spiro atoms. The number of hydrogen-bond acceptors (Lipinski definition) is 6. The molecule has 2 aromatic carbocycles. The lowest BCUT2D eigenvalue weighted by Gasteiger charge is -2.47. The zero-order valence-corrected chi connectivity index (χ0v) is 17.7. The number of esters is 1. The number of fused-ring (bicyclic) bond motifs is 1. The topological polar surface area (TPSA) is 79.2 Å². The van der Waals surface area contributed by atoms with Crippen LogP contribution in [0.15, 0.2) is 48.5 Å². The fourth-order valence-corrected chi connectivity index (χ4v) is 4.76. The number of benzene rings is 2. The maximum atomic E-state index is 12.5. The molecule has 0 bridgehead atoms. The second-order valence-corrected chi connectivity index (χ2v) is 8.29. The Hall–Kier alpha value is -2.99. The summed E-state index contributed by atoms with van der Waals surface area (Å²) in [5, 5.41) is 19.6. The third kappa shape index (κ3) is 5.02. The normalized spacial score (nSPS) is 24.0. The molecule has 164 valence electrons. The summed E-state index contributed by atoms with van der Waals surface area (Å²) < 4.78 is 11.0. The van der Waals surface area contributed by atoms with Gasteiger partial charge in [-0.1, -0.05) is 24.6 Å². The Morgan fingerprint density at radius 2 is 1.90 bits per heavy atom. The van der Waals surface area contributed by atoms with Gasteiger partial charge >= 0.3 is 5.97 Å². The van der Waals surface area contributed by atoms with Gasteiger partial charge in [0.15, 0.2) is 11.5 Å². The molecule has 0 aromatic heterocycles. The van der Waals surface area contributed by atoms with Crippen LogP contribution in [0.1, 0.15) is 49.3 Å². The zero-order chi connectivity index (χ0) is 21.8. The quantitative estimate of drug-likeness (QED) is 0.547. The molecule has 2 aliphatic rings. The maximum Gasteiger partial charge on any atom is 0.331 e. The van der Waals surface area contributed by atoms with Crippen LogP contribution in [0, 0.1) is 0 Å². The first-order valence-electron chi connectivity index (χ1n) is 10.8. The molecule has 6 nitrogen and oxygen atoms in total. The van der Waals surface area contributed by atoms with Crippen molar-refractivity contribution in [3.05, 3.63) is 59.7 Å². The summed E-state index contributed by atoms with van der Waals surface area (Å²) in [6.07, 6.45) is 7.92. The SMILES string of the molecule is COc1ccc([C@@H]2C[C@@H](OC(=O)/C=C/c3ccc(O)cc3)C[C@@H]3CCCCN32)cc1O. The molecule has 2 heterocycles. The molecule has 2 fully saturated rings. The first-order valence-corrected chi connectivity index (χ1v) is 10.8. The number of phenols is 2. The molecule has 2 aromatic rings. The summed E-state index contributed by atoms with van der Waals surface area (Å²) in [5.74, 6) is 0.412. The molecule has 6 heteroatoms. The Kier molecular flexibility index (Phi) is 6.47. The summed E-state index contributed by atoms with van der Waals surface area (Å²) in [6, 6.07) is 12.7. The minimum Gasteiger partial charge on any atom is -0.508 e. The minimum atomic E-state index is -0.362. The molecule has 2 N–H and O–H groups in total. The Morgan fingerprint density at radius 3 is 2.65 bits per heavy atom. The van der Waals surface area contributed by atoms with Gasteiger partial charge in [-0.3, -0.25) is 4.90 Å². The van der Waals surface area contributed by atoms with Gasteiger partial charge in [-0.2, -0.15) is 0 Å². The molecule has 0 saturated carbocycles. The van der Waals surface area contributed by atoms with Gasteiger partial charge in [0.2, 0.25) is 0 Å². The summed E-state index contributed by atoms with van der Waals surface area (Å²) >= 11 is 0. The fourth-order valence-electron chi connectivity index (χ4n) is 4.76. The number of methoxy groups -OCH3 is 1. The van der Waals surface area contributed by atoms with E-state index in [4.69, 9.17) is 9.47 Å². The third-order valence-corrected chi connectivity index (χ3v) is 6.27. The largest absolute Gasteiger partial charge is 0.508 e. The number of hydrogen-bond donors (Lipinski definition) is 2. The van der Waals surface area contributed by atoms with Crippen LogP contribution in [-0.4, -0.2) is 46.9 Å². The fraction of sp³-hybridized carbons (Fsp3) is 0.400. The lowest BCUT2D eigenvalue weighted by molar-refractivity contribution is -0.148. The first kappa shape index (κ1) is 21.2. The molecule has 31 heavy (non-hydrogen) atoms. The van der Waals surface area contributed by atoms with Crippen LogP contribution in [0.25, 0.3) is 6.08 Å². The van der Waals surface area contributed by atoms with Crippen LogP contribution < -0.4 is 4.74 Å². The van der Waals surface area contributed by atoms with E-state index in [1.807, 2.05) is 6.07 Å². The van der Waals surface area contributed by atoms with E-state index in [1.165, 1.54) is 19.6 Å². The minimum absolute atomic E-state index is 0.0923. The predicted octanol–water partition coefficient (Wildman–Crippen LogP) is 4.42. The van der Waals surface area contributed by atoms with Crippen molar-refractivity contribution < 1.29 is 24.5 Å². The number of phenolic OH excluding ortho intramolecular Hbond substituents is 2. The monoisotopic (exact) mass is 423 g/mol. The lowest BCUT2D eigenvalue weighted by atomic mass is 9.84. The summed E-state index contributed by atoms with van der Waals surface area (Å²) in [5.41, 5.74) is 1.84. The second-order valence-electron chi connectivity index (χ2n) is 8.29. The summed E-state index contributed by atoms with van der Waals surface area (Å²) in [4.78, 5) is 15.0. The predicted molar refractivity (Wildman–Crippen MR) is 118 cm³/mol. The summed E-state index contributed by atoms with van der Waals surface area (Å²) in [6.45, 7) is 1.02. The van der Waals surface area contributed by atoms with Crippen LogP contribution in [0.3, 0.4) is 0 Å². The van der Waals surface area contributed by atoms with E-state index in [2.05, 4.69) is 4.90 Å². The third-order valence-electron chi connectivity index (χ3n) is 6.27. The van der Waals surface area contributed by atoms with Gasteiger partial charge < -0.3 is 19.7 Å². The highest BCUT2D eigenvalue weighted by Crippen LogP contribution is 2.41. The average Bonchev–Trinajstić information content (AvgIpc) is 2.78. The van der Waals surface area contributed by atoms with Gasteiger partial charge in [-0.25, -0.2) is 4.79 Å². The van der Waals surface area contributed by atoms with Gasteiger partial charge in [0.05, 0.1) is 7.11 Å². The van der Waals surface area contributed by atoms with Crippen molar-refractivity contribution in [3.63, 3.8) is 0 Å².